The van der Waals surface area contributed by atoms with Gasteiger partial charge in [-0.2, -0.15) is 0 Å². The molecule has 174 valence electrons. The summed E-state index contributed by atoms with van der Waals surface area (Å²) >= 11 is 0. The summed E-state index contributed by atoms with van der Waals surface area (Å²) in [5.74, 6) is 2.19. The average molecular weight is 456 g/mol. The number of likely N-dealkylation sites (N-methyl/N-ethyl adjacent to an activating group) is 2. The van der Waals surface area contributed by atoms with E-state index in [0.29, 0.717) is 35.6 Å². The molecular formula is C22H26N5O6+. The number of amides is 3. The van der Waals surface area contributed by atoms with Gasteiger partial charge in [-0.3, -0.25) is 19.9 Å². The lowest BCUT2D eigenvalue weighted by atomic mass is 10.1. The number of amidine groups is 1. The Balaban J connectivity index is 1.51. The van der Waals surface area contributed by atoms with E-state index in [-0.39, 0.29) is 13.2 Å². The van der Waals surface area contributed by atoms with E-state index in [0.717, 1.165) is 4.90 Å². The summed E-state index contributed by atoms with van der Waals surface area (Å²) in [5, 5.41) is 13.8. The number of urea groups is 1. The predicted molar refractivity (Wildman–Crippen MR) is 117 cm³/mol. The number of nitrogens with zero attached hydrogens (tertiary/aromatic N) is 4. The summed E-state index contributed by atoms with van der Waals surface area (Å²) in [7, 11) is 4.57. The van der Waals surface area contributed by atoms with Crippen LogP contribution in [0.2, 0.25) is 0 Å². The highest BCUT2D eigenvalue weighted by Gasteiger charge is 2.51. The maximum atomic E-state index is 12.9. The van der Waals surface area contributed by atoms with Gasteiger partial charge in [0.15, 0.2) is 0 Å². The summed E-state index contributed by atoms with van der Waals surface area (Å²) in [6, 6.07) is 9.27. The monoisotopic (exact) mass is 456 g/mol. The molecule has 1 fully saturated rings. The number of β-amino-alcohol motifs (C(OH)–C–C–N with tert-alkyl or cyclic N) is 1. The van der Waals surface area contributed by atoms with Crippen LogP contribution in [-0.4, -0.2) is 89.7 Å². The fourth-order valence-electron chi connectivity index (χ4n) is 3.65. The van der Waals surface area contributed by atoms with Crippen molar-refractivity contribution in [3.63, 3.8) is 0 Å². The summed E-state index contributed by atoms with van der Waals surface area (Å²) < 4.78 is 17.8. The molecule has 3 amide bonds. The molecule has 0 aliphatic carbocycles. The lowest BCUT2D eigenvalue weighted by molar-refractivity contribution is -0.545. The van der Waals surface area contributed by atoms with E-state index < -0.39 is 24.1 Å². The molecule has 33 heavy (non-hydrogen) atoms. The minimum Gasteiger partial charge on any atom is -0.497 e. The third-order valence-electron chi connectivity index (χ3n) is 5.44. The Morgan fingerprint density at radius 1 is 1.18 bits per heavy atom. The van der Waals surface area contributed by atoms with Crippen LogP contribution in [0.15, 0.2) is 52.1 Å². The molecule has 0 radical (unpaired) electrons. The Morgan fingerprint density at radius 3 is 2.58 bits per heavy atom. The summed E-state index contributed by atoms with van der Waals surface area (Å²) in [4.78, 5) is 32.2. The highest BCUT2D eigenvalue weighted by atomic mass is 16.5. The molecule has 2 atom stereocenters. The molecule has 4 rings (SSSR count). The number of methoxy groups -OCH3 is 1. The molecule has 2 N–H and O–H groups in total. The molecule has 11 nitrogen and oxygen atoms in total. The van der Waals surface area contributed by atoms with Crippen LogP contribution in [0.5, 0.6) is 11.5 Å². The second-order valence-corrected chi connectivity index (χ2v) is 7.66. The van der Waals surface area contributed by atoms with Gasteiger partial charge in [0.25, 0.3) is 5.91 Å². The maximum Gasteiger partial charge on any atom is 0.390 e. The summed E-state index contributed by atoms with van der Waals surface area (Å²) in [5.41, 5.74) is 0. The van der Waals surface area contributed by atoms with E-state index in [4.69, 9.17) is 13.9 Å². The van der Waals surface area contributed by atoms with E-state index in [9.17, 15) is 14.7 Å². The zero-order valence-corrected chi connectivity index (χ0v) is 18.6. The number of aliphatic hydroxyl groups excluding tert-OH is 1. The third-order valence-corrected chi connectivity index (χ3v) is 5.44. The second-order valence-electron chi connectivity index (χ2n) is 7.66. The fourth-order valence-corrected chi connectivity index (χ4v) is 3.65. The van der Waals surface area contributed by atoms with Gasteiger partial charge in [0.1, 0.15) is 36.5 Å². The first-order valence-corrected chi connectivity index (χ1v) is 10.4. The third kappa shape index (κ3) is 4.53. The quantitative estimate of drug-likeness (QED) is 0.555. The van der Waals surface area contributed by atoms with Gasteiger partial charge in [-0.15, -0.1) is 0 Å². The Hall–Kier alpha value is -3.86. The molecule has 0 spiro atoms. The Morgan fingerprint density at radius 2 is 1.91 bits per heavy atom. The van der Waals surface area contributed by atoms with Crippen LogP contribution in [-0.2, 0) is 11.3 Å². The molecule has 2 unspecified atom stereocenters. The van der Waals surface area contributed by atoms with Crippen molar-refractivity contribution in [3.8, 4) is 11.5 Å². The molecule has 0 saturated carbocycles. The second kappa shape index (κ2) is 9.33. The zero-order valence-electron chi connectivity index (χ0n) is 18.6. The van der Waals surface area contributed by atoms with E-state index >= 15 is 0 Å². The minimum absolute atomic E-state index is 0.00482. The first-order chi connectivity index (χ1) is 15.9. The van der Waals surface area contributed by atoms with Crippen molar-refractivity contribution in [3.05, 3.63) is 48.4 Å². The van der Waals surface area contributed by atoms with Gasteiger partial charge in [0, 0.05) is 14.1 Å². The molecule has 0 bridgehead atoms. The number of rotatable bonds is 8. The molecule has 1 aromatic heterocycles. The van der Waals surface area contributed by atoms with Crippen molar-refractivity contribution in [2.75, 3.05) is 34.4 Å². The van der Waals surface area contributed by atoms with Gasteiger partial charge in [-0.1, -0.05) is 4.99 Å². The zero-order chi connectivity index (χ0) is 23.5. The molecule has 3 heterocycles. The first-order valence-electron chi connectivity index (χ1n) is 10.4. The number of imide groups is 1. The lowest BCUT2D eigenvalue weighted by Crippen LogP contribution is -2.62. The van der Waals surface area contributed by atoms with Crippen LogP contribution >= 0.6 is 0 Å². The number of ether oxygens (including phenoxy) is 2. The van der Waals surface area contributed by atoms with Crippen LogP contribution in [0.4, 0.5) is 4.79 Å². The summed E-state index contributed by atoms with van der Waals surface area (Å²) in [6.07, 6.45) is 0.619. The SMILES string of the molecule is COc1ccc(OCC(O)C[N+]2=C(NCc3ccco3)N=C3C2C(=O)N(C)C(=O)N3C)cc1. The van der Waals surface area contributed by atoms with Crippen molar-refractivity contribution in [1.82, 2.24) is 15.1 Å². The number of fused-ring (bicyclic) bond motifs is 1. The standard InChI is InChI=1S/C22H25N5O6/c1-25-19-18(20(29)26(2)22(25)30)27(21(24-19)23-11-17-5-4-10-32-17)12-14(28)13-33-16-8-6-15(31-3)7-9-16/h4-10,14,18,28H,11-13H2,1-3H3/p+1. The number of aliphatic imine (C=N–C) groups is 1. The Bertz CT molecular complexity index is 1080. The highest BCUT2D eigenvalue weighted by Crippen LogP contribution is 2.20. The Labute approximate surface area is 190 Å². The molecule has 2 aliphatic rings. The van der Waals surface area contributed by atoms with Crippen molar-refractivity contribution in [1.29, 1.82) is 0 Å². The Kier molecular flexibility index (Phi) is 6.31. The minimum atomic E-state index is -0.942. The van der Waals surface area contributed by atoms with Gasteiger partial charge in [-0.05, 0) is 36.4 Å². The number of benzene rings is 1. The number of hydrogen-bond acceptors (Lipinski definition) is 8. The van der Waals surface area contributed by atoms with E-state index in [2.05, 4.69) is 10.3 Å². The maximum absolute atomic E-state index is 12.9. The van der Waals surface area contributed by atoms with E-state index in [1.165, 1.54) is 11.9 Å². The fraction of sp³-hybridized carbons (Fsp3) is 0.364. The van der Waals surface area contributed by atoms with Crippen LogP contribution in [0, 0.1) is 0 Å². The molecule has 1 aromatic carbocycles. The highest BCUT2D eigenvalue weighted by molar-refractivity contribution is 6.22. The molecule has 2 aromatic rings. The number of furan rings is 1. The van der Waals surface area contributed by atoms with Crippen molar-refractivity contribution in [2.24, 2.45) is 4.99 Å². The number of hydrogen-bond donors (Lipinski definition) is 2. The molecule has 11 heteroatoms. The van der Waals surface area contributed by atoms with Crippen LogP contribution in [0.1, 0.15) is 5.76 Å². The van der Waals surface area contributed by atoms with E-state index in [1.54, 1.807) is 61.4 Å². The number of aliphatic hydroxyl groups is 1. The number of guanidine groups is 1. The summed E-state index contributed by atoms with van der Waals surface area (Å²) in [6.45, 7) is 0.369. The lowest BCUT2D eigenvalue weighted by Gasteiger charge is -2.32. The molecular weight excluding hydrogens is 430 g/mol. The largest absolute Gasteiger partial charge is 0.497 e. The number of nitrogens with one attached hydrogen (secondary N) is 1. The van der Waals surface area contributed by atoms with Gasteiger partial charge >= 0.3 is 12.0 Å². The van der Waals surface area contributed by atoms with Crippen LogP contribution in [0.3, 0.4) is 0 Å². The number of carbonyl (C=O) groups is 2. The molecule has 2 aliphatic heterocycles. The normalized spacial score (nSPS) is 18.9. The predicted octanol–water partition coefficient (Wildman–Crippen LogP) is 0.491. The smallest absolute Gasteiger partial charge is 0.390 e. The topological polar surface area (TPSA) is 120 Å². The first kappa shape index (κ1) is 22.3. The van der Waals surface area contributed by atoms with Crippen LogP contribution < -0.4 is 14.8 Å². The van der Waals surface area contributed by atoms with Crippen molar-refractivity contribution in [2.45, 2.75) is 18.7 Å². The van der Waals surface area contributed by atoms with Crippen LogP contribution in [0.25, 0.3) is 0 Å². The average Bonchev–Trinajstić information content (AvgIpc) is 3.47. The van der Waals surface area contributed by atoms with Gasteiger partial charge in [0.2, 0.25) is 11.9 Å². The van der Waals surface area contributed by atoms with Gasteiger partial charge < -0.3 is 19.0 Å². The van der Waals surface area contributed by atoms with Gasteiger partial charge in [-0.25, -0.2) is 9.37 Å². The van der Waals surface area contributed by atoms with E-state index in [1.807, 2.05) is 0 Å². The number of carbonyl (C=O) groups excluding carboxylic acids is 2. The molecule has 1 saturated heterocycles. The van der Waals surface area contributed by atoms with Crippen molar-refractivity contribution < 1.29 is 33.2 Å². The van der Waals surface area contributed by atoms with Crippen molar-refractivity contribution >= 4 is 23.7 Å². The van der Waals surface area contributed by atoms with Gasteiger partial charge in [0.05, 0.1) is 19.9 Å².